The maximum absolute atomic E-state index is 11.9. The number of rotatable bonds is 11. The Hall–Kier alpha value is -5.65. The minimum absolute atomic E-state index is 0.0211. The summed E-state index contributed by atoms with van der Waals surface area (Å²) in [6.07, 6.45) is 3.12. The normalized spacial score (nSPS) is 12.2. The maximum atomic E-state index is 11.9. The number of carboxylic acid groups (broad SMARTS) is 4. The van der Waals surface area contributed by atoms with Crippen molar-refractivity contribution in [2.24, 2.45) is 0 Å². The fraction of sp³-hybridized carbons (Fsp3) is 0.275. The zero-order chi connectivity index (χ0) is 42.5. The Labute approximate surface area is 346 Å². The summed E-state index contributed by atoms with van der Waals surface area (Å²) in [5.74, 6) is -4.26. The zero-order valence-corrected chi connectivity index (χ0v) is 34.7. The van der Waals surface area contributed by atoms with E-state index in [-0.39, 0.29) is 5.91 Å². The average molecular weight is 921 g/mol. The quantitative estimate of drug-likeness (QED) is 0.101. The van der Waals surface area contributed by atoms with Gasteiger partial charge >= 0.3 is 23.9 Å². The molecule has 6 N–H and O–H groups in total. The van der Waals surface area contributed by atoms with Crippen molar-refractivity contribution in [3.8, 4) is 23.0 Å². The topological polar surface area (TPSA) is 227 Å². The molecule has 1 aliphatic heterocycles. The molecular formula is C40H44Br2N2O13. The van der Waals surface area contributed by atoms with Gasteiger partial charge in [-0.3, -0.25) is 4.79 Å². The molecule has 0 aliphatic carbocycles. The maximum Gasteiger partial charge on any atom is 0.414 e. The summed E-state index contributed by atoms with van der Waals surface area (Å²) < 4.78 is 23.5. The molecule has 1 heterocycles. The number of carboxylic acids is 4. The van der Waals surface area contributed by atoms with Crippen LogP contribution in [0.4, 0.5) is 0 Å². The molecule has 5 rings (SSSR count). The van der Waals surface area contributed by atoms with Crippen LogP contribution in [-0.2, 0) is 49.7 Å². The van der Waals surface area contributed by atoms with E-state index in [2.05, 4.69) is 78.9 Å². The summed E-state index contributed by atoms with van der Waals surface area (Å²) in [5.41, 5.74) is 6.07. The summed E-state index contributed by atoms with van der Waals surface area (Å²) in [6.45, 7) is 1.58. The largest absolute Gasteiger partial charge is 0.493 e. The van der Waals surface area contributed by atoms with Crippen molar-refractivity contribution in [3.63, 3.8) is 0 Å². The number of halogens is 2. The van der Waals surface area contributed by atoms with Gasteiger partial charge in [0.1, 0.15) is 0 Å². The summed E-state index contributed by atoms with van der Waals surface area (Å²) in [4.78, 5) is 48.3. The molecule has 0 aromatic heterocycles. The smallest absolute Gasteiger partial charge is 0.414 e. The van der Waals surface area contributed by atoms with Gasteiger partial charge in [0, 0.05) is 21.5 Å². The summed E-state index contributed by atoms with van der Waals surface area (Å²) in [5, 5.41) is 36.1. The molecule has 0 saturated heterocycles. The van der Waals surface area contributed by atoms with Gasteiger partial charge in [0.15, 0.2) is 23.0 Å². The highest BCUT2D eigenvalue weighted by Gasteiger charge is 2.23. The number of fused-ring (bicyclic) bond motifs is 1. The number of hydrogen-bond acceptors (Lipinski definition) is 10. The second-order valence-electron chi connectivity index (χ2n) is 11.8. The molecule has 1 atom stereocenters. The van der Waals surface area contributed by atoms with Crippen LogP contribution >= 0.6 is 31.9 Å². The van der Waals surface area contributed by atoms with Crippen molar-refractivity contribution < 1.29 is 63.3 Å². The number of methoxy groups -OCH3 is 4. The van der Waals surface area contributed by atoms with Crippen molar-refractivity contribution in [2.75, 3.05) is 41.5 Å². The number of aliphatic carboxylic acids is 4. The van der Waals surface area contributed by atoms with Crippen LogP contribution in [0.15, 0.2) is 87.8 Å². The summed E-state index contributed by atoms with van der Waals surface area (Å²) in [6, 6.07) is 26.6. The first-order valence-electron chi connectivity index (χ1n) is 17.0. The van der Waals surface area contributed by atoms with E-state index in [0.717, 1.165) is 57.4 Å². The minimum Gasteiger partial charge on any atom is -0.493 e. The third-order valence-corrected chi connectivity index (χ3v) is 9.04. The number of carbonyl (C=O) groups excluding carboxylic acids is 1. The average Bonchev–Trinajstić information content (AvgIpc) is 3.19. The van der Waals surface area contributed by atoms with E-state index >= 15 is 0 Å². The molecular weight excluding hydrogens is 876 g/mol. The molecule has 17 heteroatoms. The monoisotopic (exact) mass is 918 g/mol. The molecule has 0 saturated carbocycles. The Morgan fingerprint density at radius 1 is 0.632 bits per heavy atom. The predicted molar refractivity (Wildman–Crippen MR) is 216 cm³/mol. The SMILES string of the molecule is COc1cc2c(cc1OC)C(Cc1ccc(Br)cc1)NCC2.COc1ccc(CCNC(=O)Cc2ccc(Br)cc2)cc1OC.O=C(O)C(=O)O.O=C(O)C(=O)O. The van der Waals surface area contributed by atoms with Crippen LogP contribution in [0.2, 0.25) is 0 Å². The van der Waals surface area contributed by atoms with E-state index < -0.39 is 23.9 Å². The molecule has 0 bridgehead atoms. The summed E-state index contributed by atoms with van der Waals surface area (Å²) >= 11 is 6.87. The molecule has 0 spiro atoms. The molecule has 306 valence electrons. The van der Waals surface area contributed by atoms with Crippen LogP contribution in [0.1, 0.15) is 33.9 Å². The Balaban J connectivity index is 0.000000307. The van der Waals surface area contributed by atoms with Gasteiger partial charge in [-0.25, -0.2) is 19.2 Å². The second-order valence-corrected chi connectivity index (χ2v) is 13.6. The van der Waals surface area contributed by atoms with E-state index in [1.807, 2.05) is 42.5 Å². The molecule has 57 heavy (non-hydrogen) atoms. The highest BCUT2D eigenvalue weighted by molar-refractivity contribution is 9.10. The molecule has 1 amide bonds. The molecule has 0 radical (unpaired) electrons. The van der Waals surface area contributed by atoms with Crippen molar-refractivity contribution in [3.05, 3.63) is 116 Å². The van der Waals surface area contributed by atoms with Gasteiger partial charge in [-0.2, -0.15) is 0 Å². The van der Waals surface area contributed by atoms with Crippen molar-refractivity contribution in [1.29, 1.82) is 0 Å². The molecule has 1 unspecified atom stereocenters. The van der Waals surface area contributed by atoms with Crippen LogP contribution in [0.3, 0.4) is 0 Å². The second kappa shape index (κ2) is 24.8. The van der Waals surface area contributed by atoms with Gasteiger partial charge < -0.3 is 50.0 Å². The van der Waals surface area contributed by atoms with Gasteiger partial charge in [-0.05, 0) is 102 Å². The Bertz CT molecular complexity index is 1910. The van der Waals surface area contributed by atoms with Gasteiger partial charge in [0.25, 0.3) is 0 Å². The number of benzene rings is 4. The first kappa shape index (κ1) is 47.5. The van der Waals surface area contributed by atoms with E-state index in [4.69, 9.17) is 58.6 Å². The van der Waals surface area contributed by atoms with Crippen molar-refractivity contribution >= 4 is 61.6 Å². The van der Waals surface area contributed by atoms with Crippen LogP contribution in [0.25, 0.3) is 0 Å². The number of carbonyl (C=O) groups is 5. The van der Waals surface area contributed by atoms with Crippen LogP contribution in [-0.4, -0.2) is 91.7 Å². The predicted octanol–water partition coefficient (Wildman–Crippen LogP) is 5.57. The molecule has 4 aromatic rings. The fourth-order valence-electron chi connectivity index (χ4n) is 5.24. The van der Waals surface area contributed by atoms with Crippen LogP contribution < -0.4 is 29.6 Å². The summed E-state index contributed by atoms with van der Waals surface area (Å²) in [7, 11) is 6.59. The fourth-order valence-corrected chi connectivity index (χ4v) is 5.77. The lowest BCUT2D eigenvalue weighted by atomic mass is 9.90. The van der Waals surface area contributed by atoms with E-state index in [1.54, 1.807) is 28.4 Å². The van der Waals surface area contributed by atoms with Crippen molar-refractivity contribution in [2.45, 2.75) is 31.7 Å². The Kier molecular flexibility index (Phi) is 20.6. The lowest BCUT2D eigenvalue weighted by molar-refractivity contribution is -0.159. The Morgan fingerprint density at radius 3 is 1.58 bits per heavy atom. The highest BCUT2D eigenvalue weighted by Crippen LogP contribution is 2.36. The standard InChI is InChI=1S/C18H20BrNO3.C18H20BrNO2.2C2H2O4/c1-22-16-8-5-14(11-17(16)23-2)9-10-20-18(21)12-13-3-6-15(19)7-4-13;1-21-17-10-13-7-8-20-16(15(13)11-18(17)22-2)9-12-3-5-14(19)6-4-12;2*3-1(4)2(5)6/h3-8,11H,9-10,12H2,1-2H3,(H,20,21);3-6,10-11,16,20H,7-9H2,1-2H3;2*(H,3,4)(H,5,6). The van der Waals surface area contributed by atoms with Crippen molar-refractivity contribution in [1.82, 2.24) is 10.6 Å². The third kappa shape index (κ3) is 16.9. The highest BCUT2D eigenvalue weighted by atomic mass is 79.9. The Morgan fingerprint density at radius 2 is 1.09 bits per heavy atom. The number of amides is 1. The lowest BCUT2D eigenvalue weighted by Gasteiger charge is -2.28. The first-order valence-corrected chi connectivity index (χ1v) is 18.6. The number of hydrogen-bond donors (Lipinski definition) is 6. The van der Waals surface area contributed by atoms with Crippen LogP contribution in [0, 0.1) is 0 Å². The van der Waals surface area contributed by atoms with Gasteiger partial charge in [-0.15, -0.1) is 0 Å². The van der Waals surface area contributed by atoms with E-state index in [0.29, 0.717) is 30.5 Å². The minimum atomic E-state index is -1.82. The number of nitrogens with one attached hydrogen (secondary N) is 2. The van der Waals surface area contributed by atoms with Crippen LogP contribution in [0.5, 0.6) is 23.0 Å². The third-order valence-electron chi connectivity index (χ3n) is 7.99. The molecule has 15 nitrogen and oxygen atoms in total. The first-order chi connectivity index (χ1) is 27.1. The molecule has 1 aliphatic rings. The van der Waals surface area contributed by atoms with Gasteiger partial charge in [0.05, 0.1) is 34.9 Å². The molecule has 4 aromatic carbocycles. The van der Waals surface area contributed by atoms with Gasteiger partial charge in [0.2, 0.25) is 5.91 Å². The molecule has 0 fully saturated rings. The zero-order valence-electron chi connectivity index (χ0n) is 31.5. The van der Waals surface area contributed by atoms with E-state index in [1.165, 1.54) is 16.7 Å². The lowest BCUT2D eigenvalue weighted by Crippen LogP contribution is -2.31. The number of ether oxygens (including phenoxy) is 4. The van der Waals surface area contributed by atoms with E-state index in [9.17, 15) is 4.79 Å². The van der Waals surface area contributed by atoms with Gasteiger partial charge in [-0.1, -0.05) is 62.2 Å².